The van der Waals surface area contributed by atoms with Gasteiger partial charge in [0.05, 0.1) is 31.5 Å². The van der Waals surface area contributed by atoms with Crippen molar-refractivity contribution in [2.45, 2.75) is 45.5 Å². The summed E-state index contributed by atoms with van der Waals surface area (Å²) in [4.78, 5) is 35.3. The van der Waals surface area contributed by atoms with Crippen molar-refractivity contribution in [2.75, 3.05) is 18.6 Å². The quantitative estimate of drug-likeness (QED) is 0.347. The summed E-state index contributed by atoms with van der Waals surface area (Å²) in [7, 11) is -1.46. The molecule has 2 aromatic rings. The molecule has 10 nitrogen and oxygen atoms in total. The van der Waals surface area contributed by atoms with Crippen molar-refractivity contribution in [1.82, 2.24) is 19.5 Å². The first-order chi connectivity index (χ1) is 15.8. The number of alkyl halides is 1. The van der Waals surface area contributed by atoms with E-state index in [2.05, 4.69) is 20.3 Å². The SMILES string of the molecule is [2H]C[C@H]1C=C[C@@H](n2cnc3c(=O)[nH]c(NC(=O)C(C)C)nc32)[C@H](F)[C@@H]1OP(C)OCCC#N. The fourth-order valence-corrected chi connectivity index (χ4v) is 4.20. The van der Waals surface area contributed by atoms with Gasteiger partial charge in [-0.25, -0.2) is 9.37 Å². The van der Waals surface area contributed by atoms with Crippen LogP contribution in [0.4, 0.5) is 10.3 Å². The highest BCUT2D eigenvalue weighted by Gasteiger charge is 2.38. The molecule has 172 valence electrons. The monoisotopic (exact) mass is 465 g/mol. The highest BCUT2D eigenvalue weighted by molar-refractivity contribution is 7.46. The molecule has 5 atom stereocenters. The van der Waals surface area contributed by atoms with Gasteiger partial charge in [-0.3, -0.25) is 19.9 Å². The number of H-pyrrole nitrogens is 1. The second kappa shape index (κ2) is 10.3. The molecule has 0 aliphatic heterocycles. The van der Waals surface area contributed by atoms with Crippen LogP contribution in [0.15, 0.2) is 23.3 Å². The molecule has 1 aliphatic carbocycles. The predicted molar refractivity (Wildman–Crippen MR) is 118 cm³/mol. The fourth-order valence-electron chi connectivity index (χ4n) is 3.17. The Kier molecular flexibility index (Phi) is 7.25. The topological polar surface area (TPSA) is 135 Å². The molecule has 0 spiro atoms. The molecular formula is C20H26FN6O4P. The first-order valence-electron chi connectivity index (χ1n) is 10.8. The van der Waals surface area contributed by atoms with E-state index in [1.54, 1.807) is 32.7 Å². The second-order valence-electron chi connectivity index (χ2n) is 7.62. The molecular weight excluding hydrogens is 438 g/mol. The zero-order valence-electron chi connectivity index (χ0n) is 19.0. The van der Waals surface area contributed by atoms with Crippen LogP contribution in [-0.4, -0.2) is 51.0 Å². The Morgan fingerprint density at radius 2 is 2.31 bits per heavy atom. The number of fused-ring (bicyclic) bond motifs is 1. The van der Waals surface area contributed by atoms with Crippen molar-refractivity contribution < 1.29 is 19.6 Å². The lowest BCUT2D eigenvalue weighted by Gasteiger charge is -2.35. The standard InChI is InChI=1S/C20H26FN6O4P/c1-11(2)18(28)25-20-24-17-15(19(29)26-20)23-10-27(17)13-7-6-12(3)16(14(13)21)31-32(4)30-9-5-8-22/h6-7,10-14,16H,5,9H2,1-4H3,(H2,24,25,26,28,29)/t12-,13+,14-,16+,32?/m0/s1/i3D. The number of nitrogens with one attached hydrogen (secondary N) is 2. The van der Waals surface area contributed by atoms with Gasteiger partial charge in [0, 0.05) is 19.9 Å². The van der Waals surface area contributed by atoms with Crippen molar-refractivity contribution in [3.63, 3.8) is 0 Å². The Morgan fingerprint density at radius 3 is 3.00 bits per heavy atom. The van der Waals surface area contributed by atoms with Gasteiger partial charge < -0.3 is 13.6 Å². The zero-order valence-corrected chi connectivity index (χ0v) is 18.9. The largest absolute Gasteiger partial charge is 0.333 e. The molecule has 1 amide bonds. The normalized spacial score (nSPS) is 24.3. The summed E-state index contributed by atoms with van der Waals surface area (Å²) in [6.45, 7) is 5.17. The third-order valence-electron chi connectivity index (χ3n) is 4.89. The average Bonchev–Trinajstić information content (AvgIpc) is 3.19. The summed E-state index contributed by atoms with van der Waals surface area (Å²) in [5.74, 6) is -1.20. The lowest BCUT2D eigenvalue weighted by Crippen LogP contribution is -2.39. The minimum absolute atomic E-state index is 0.0100. The molecule has 0 bridgehead atoms. The van der Waals surface area contributed by atoms with E-state index in [1.165, 1.54) is 10.9 Å². The van der Waals surface area contributed by atoms with Gasteiger partial charge in [-0.2, -0.15) is 10.2 Å². The number of hydrogen-bond acceptors (Lipinski definition) is 7. The molecule has 0 aromatic carbocycles. The summed E-state index contributed by atoms with van der Waals surface area (Å²) in [5.41, 5.74) is -0.439. The highest BCUT2D eigenvalue weighted by Crippen LogP contribution is 2.42. The van der Waals surface area contributed by atoms with Crippen LogP contribution in [0.5, 0.6) is 0 Å². The van der Waals surface area contributed by atoms with E-state index < -0.39 is 38.2 Å². The second-order valence-corrected chi connectivity index (χ2v) is 8.97. The summed E-state index contributed by atoms with van der Waals surface area (Å²) in [6.07, 6.45) is 2.28. The average molecular weight is 465 g/mol. The lowest BCUT2D eigenvalue weighted by molar-refractivity contribution is -0.118. The Hall–Kier alpha value is -2.67. The predicted octanol–water partition coefficient (Wildman–Crippen LogP) is 3.06. The number of allylic oxidation sites excluding steroid dienone is 1. The number of nitriles is 1. The van der Waals surface area contributed by atoms with Crippen molar-refractivity contribution >= 4 is 31.4 Å². The highest BCUT2D eigenvalue weighted by atomic mass is 31.2. The minimum Gasteiger partial charge on any atom is -0.333 e. The molecule has 2 heterocycles. The first-order valence-corrected chi connectivity index (χ1v) is 11.7. The van der Waals surface area contributed by atoms with E-state index in [0.29, 0.717) is 0 Å². The molecule has 2 aromatic heterocycles. The van der Waals surface area contributed by atoms with Gasteiger partial charge in [0.1, 0.15) is 6.10 Å². The number of aromatic amines is 1. The summed E-state index contributed by atoms with van der Waals surface area (Å²) in [5, 5.41) is 11.2. The van der Waals surface area contributed by atoms with Crippen LogP contribution in [0.1, 0.15) is 34.6 Å². The van der Waals surface area contributed by atoms with Gasteiger partial charge in [-0.15, -0.1) is 0 Å². The van der Waals surface area contributed by atoms with Crippen molar-refractivity contribution in [2.24, 2.45) is 11.8 Å². The van der Waals surface area contributed by atoms with E-state index in [1.807, 2.05) is 6.07 Å². The Morgan fingerprint density at radius 1 is 1.53 bits per heavy atom. The van der Waals surface area contributed by atoms with E-state index in [4.69, 9.17) is 15.7 Å². The smallest absolute Gasteiger partial charge is 0.280 e. The van der Waals surface area contributed by atoms with E-state index >= 15 is 4.39 Å². The number of halogens is 1. The number of carbonyl (C=O) groups excluding carboxylic acids is 1. The number of anilines is 1. The number of hydrogen-bond donors (Lipinski definition) is 2. The molecule has 0 fully saturated rings. The van der Waals surface area contributed by atoms with Crippen LogP contribution in [0.3, 0.4) is 0 Å². The van der Waals surface area contributed by atoms with Gasteiger partial charge in [0.2, 0.25) is 11.9 Å². The third kappa shape index (κ3) is 5.21. The number of aromatic nitrogens is 4. The molecule has 32 heavy (non-hydrogen) atoms. The molecule has 12 heteroatoms. The van der Waals surface area contributed by atoms with Crippen LogP contribution in [0.25, 0.3) is 11.2 Å². The van der Waals surface area contributed by atoms with Crippen molar-refractivity contribution in [3.05, 3.63) is 28.8 Å². The number of amides is 1. The molecule has 3 rings (SSSR count). The van der Waals surface area contributed by atoms with Crippen molar-refractivity contribution in [1.29, 1.82) is 5.26 Å². The van der Waals surface area contributed by atoms with Crippen LogP contribution < -0.4 is 10.9 Å². The number of rotatable bonds is 8. The van der Waals surface area contributed by atoms with Crippen LogP contribution in [0, 0.1) is 23.2 Å². The Labute approximate surface area is 187 Å². The third-order valence-corrected chi connectivity index (χ3v) is 5.98. The van der Waals surface area contributed by atoms with E-state index in [9.17, 15) is 9.59 Å². The first kappa shape index (κ1) is 22.5. The van der Waals surface area contributed by atoms with Gasteiger partial charge in [-0.05, 0) is 0 Å². The Balaban J connectivity index is 1.90. The van der Waals surface area contributed by atoms with Gasteiger partial charge in [0.15, 0.2) is 25.7 Å². The maximum Gasteiger partial charge on any atom is 0.280 e. The maximum atomic E-state index is 15.7. The van der Waals surface area contributed by atoms with Crippen LogP contribution in [0.2, 0.25) is 0 Å². The molecule has 0 saturated carbocycles. The molecule has 1 aliphatic rings. The summed E-state index contributed by atoms with van der Waals surface area (Å²) >= 11 is 0. The van der Waals surface area contributed by atoms with Gasteiger partial charge in [-0.1, -0.05) is 32.9 Å². The maximum absolute atomic E-state index is 15.7. The van der Waals surface area contributed by atoms with Crippen LogP contribution >= 0.6 is 8.38 Å². The molecule has 0 saturated heterocycles. The summed E-state index contributed by atoms with van der Waals surface area (Å²) in [6, 6.07) is 1.07. The number of imidazole rings is 1. The van der Waals surface area contributed by atoms with Crippen LogP contribution in [-0.2, 0) is 13.8 Å². The lowest BCUT2D eigenvalue weighted by atomic mass is 9.89. The molecule has 0 radical (unpaired) electrons. The minimum atomic E-state index is -1.58. The number of nitrogens with zero attached hydrogens (tertiary/aromatic N) is 4. The van der Waals surface area contributed by atoms with E-state index in [-0.39, 0.29) is 48.9 Å². The number of carbonyl (C=O) groups is 1. The van der Waals surface area contributed by atoms with Gasteiger partial charge >= 0.3 is 0 Å². The van der Waals surface area contributed by atoms with Gasteiger partial charge in [0.25, 0.3) is 5.56 Å². The molecule has 1 unspecified atom stereocenters. The summed E-state index contributed by atoms with van der Waals surface area (Å²) < 4.78 is 36.2. The zero-order chi connectivity index (χ0) is 24.1. The Bertz CT molecular complexity index is 1120. The fraction of sp³-hybridized carbons (Fsp3) is 0.550. The van der Waals surface area contributed by atoms with Crippen molar-refractivity contribution in [3.8, 4) is 6.07 Å². The van der Waals surface area contributed by atoms with E-state index in [0.717, 1.165) is 0 Å². The molecule has 2 N–H and O–H groups in total.